The molecule has 1 aromatic heterocycles. The molecule has 1 fully saturated rings. The molecule has 9 heteroatoms. The third-order valence-electron chi connectivity index (χ3n) is 7.08. The molecule has 2 heterocycles. The number of aromatic amines is 1. The maximum absolute atomic E-state index is 14.2. The molecule has 0 radical (unpaired) electrons. The van der Waals surface area contributed by atoms with Crippen LogP contribution < -0.4 is 5.32 Å². The number of amides is 2. The van der Waals surface area contributed by atoms with E-state index in [4.69, 9.17) is 11.6 Å². The van der Waals surface area contributed by atoms with Crippen LogP contribution in [0.1, 0.15) is 36.1 Å². The van der Waals surface area contributed by atoms with Gasteiger partial charge in [-0.2, -0.15) is 0 Å². The highest BCUT2D eigenvalue weighted by atomic mass is 79.9. The van der Waals surface area contributed by atoms with Crippen molar-refractivity contribution in [2.24, 2.45) is 0 Å². The summed E-state index contributed by atoms with van der Waals surface area (Å²) in [7, 11) is 0. The number of benzene rings is 3. The van der Waals surface area contributed by atoms with Crippen LogP contribution in [0.3, 0.4) is 0 Å². The number of fused-ring (bicyclic) bond motifs is 1. The average Bonchev–Trinajstić information content (AvgIpc) is 3.44. The van der Waals surface area contributed by atoms with E-state index >= 15 is 0 Å². The fourth-order valence-electron chi connectivity index (χ4n) is 5.10. The first-order chi connectivity index (χ1) is 18.7. The highest BCUT2D eigenvalue weighted by Gasteiger charge is 2.58. The number of carbonyl (C=O) groups excluding carboxylic acids is 2. The topological polar surface area (TPSA) is 85.4 Å². The van der Waals surface area contributed by atoms with Gasteiger partial charge in [0.1, 0.15) is 4.75 Å². The van der Waals surface area contributed by atoms with E-state index in [9.17, 15) is 14.7 Å². The van der Waals surface area contributed by atoms with Gasteiger partial charge in [-0.1, -0.05) is 63.4 Å². The van der Waals surface area contributed by atoms with Crippen LogP contribution in [0.25, 0.3) is 10.9 Å². The molecule has 1 aliphatic rings. The quantitative estimate of drug-likeness (QED) is 0.212. The van der Waals surface area contributed by atoms with Crippen LogP contribution in [0.2, 0.25) is 5.02 Å². The number of aromatic nitrogens is 1. The lowest BCUT2D eigenvalue weighted by molar-refractivity contribution is -0.129. The number of thioether (sulfide) groups is 1. The van der Waals surface area contributed by atoms with Crippen molar-refractivity contribution in [3.63, 3.8) is 0 Å². The lowest BCUT2D eigenvalue weighted by Crippen LogP contribution is -2.51. The summed E-state index contributed by atoms with van der Waals surface area (Å²) in [6.45, 7) is 3.90. The predicted molar refractivity (Wildman–Crippen MR) is 160 cm³/mol. The molecular formula is C30H29BrClN3O3S. The van der Waals surface area contributed by atoms with E-state index in [0.29, 0.717) is 11.6 Å². The van der Waals surface area contributed by atoms with Gasteiger partial charge in [0.15, 0.2) is 0 Å². The van der Waals surface area contributed by atoms with Crippen LogP contribution in [0, 0.1) is 6.92 Å². The van der Waals surface area contributed by atoms with Crippen LogP contribution in [0.4, 0.5) is 0 Å². The highest BCUT2D eigenvalue weighted by molar-refractivity contribution is 9.10. The first-order valence-corrected chi connectivity index (χ1v) is 14.7. The number of nitrogens with one attached hydrogen (secondary N) is 2. The Hall–Kier alpha value is -2.78. The van der Waals surface area contributed by atoms with Crippen molar-refractivity contribution in [3.05, 3.63) is 99.1 Å². The van der Waals surface area contributed by atoms with E-state index in [1.807, 2.05) is 84.8 Å². The molecule has 4 aromatic rings. The summed E-state index contributed by atoms with van der Waals surface area (Å²) in [6.07, 6.45) is 1.89. The molecule has 39 heavy (non-hydrogen) atoms. The fraction of sp³-hybridized carbons (Fsp3) is 0.267. The van der Waals surface area contributed by atoms with E-state index < -0.39 is 16.8 Å². The van der Waals surface area contributed by atoms with Gasteiger partial charge in [-0.25, -0.2) is 0 Å². The summed E-state index contributed by atoms with van der Waals surface area (Å²) in [5.41, 5.74) is 3.74. The van der Waals surface area contributed by atoms with Crippen LogP contribution in [-0.2, 0) is 16.1 Å². The second-order valence-electron chi connectivity index (χ2n) is 10.0. The predicted octanol–water partition coefficient (Wildman–Crippen LogP) is 6.39. The minimum Gasteiger partial charge on any atom is -0.394 e. The average molecular weight is 627 g/mol. The molecule has 0 aliphatic carbocycles. The van der Waals surface area contributed by atoms with Gasteiger partial charge in [-0.3, -0.25) is 9.59 Å². The SMILES string of the molecule is Cc1ccc(SC2(C(=O)N[C@H](C)CO)CC(=O)N(Cc3ccc(Br)cc3)C2c2c[nH]c3cc(Cl)ccc23)cc1. The maximum atomic E-state index is 14.2. The Morgan fingerprint density at radius 1 is 1.21 bits per heavy atom. The molecule has 1 aliphatic heterocycles. The van der Waals surface area contributed by atoms with Crippen molar-refractivity contribution in [3.8, 4) is 0 Å². The molecule has 2 unspecified atom stereocenters. The Morgan fingerprint density at radius 3 is 2.62 bits per heavy atom. The van der Waals surface area contributed by atoms with Crippen molar-refractivity contribution in [2.45, 2.75) is 48.5 Å². The maximum Gasteiger partial charge on any atom is 0.239 e. The van der Waals surface area contributed by atoms with Crippen LogP contribution in [0.5, 0.6) is 0 Å². The molecule has 2 amide bonds. The molecule has 0 spiro atoms. The lowest BCUT2D eigenvalue weighted by atomic mass is 9.90. The molecule has 0 bridgehead atoms. The molecule has 5 rings (SSSR count). The van der Waals surface area contributed by atoms with Gasteiger partial charge in [-0.15, -0.1) is 11.8 Å². The number of halogens is 2. The van der Waals surface area contributed by atoms with E-state index in [1.165, 1.54) is 11.8 Å². The first kappa shape index (κ1) is 27.8. The largest absolute Gasteiger partial charge is 0.394 e. The number of aryl methyl sites for hydroxylation is 1. The molecule has 3 atom stereocenters. The number of likely N-dealkylation sites (tertiary alicyclic amines) is 1. The zero-order chi connectivity index (χ0) is 27.7. The minimum atomic E-state index is -1.19. The number of aliphatic hydroxyl groups excluding tert-OH is 1. The Labute approximate surface area is 245 Å². The van der Waals surface area contributed by atoms with Crippen LogP contribution >= 0.6 is 39.3 Å². The molecule has 1 saturated heterocycles. The molecule has 202 valence electrons. The smallest absolute Gasteiger partial charge is 0.239 e. The Bertz CT molecular complexity index is 1510. The van der Waals surface area contributed by atoms with Crippen LogP contribution in [-0.4, -0.2) is 44.2 Å². The zero-order valence-electron chi connectivity index (χ0n) is 21.6. The summed E-state index contributed by atoms with van der Waals surface area (Å²) < 4.78 is -0.245. The molecule has 3 N–H and O–H groups in total. The second-order valence-corrected chi connectivity index (χ2v) is 12.8. The van der Waals surface area contributed by atoms with E-state index in [1.54, 1.807) is 6.92 Å². The van der Waals surface area contributed by atoms with Crippen molar-refractivity contribution >= 4 is 62.0 Å². The summed E-state index contributed by atoms with van der Waals surface area (Å²) in [6, 6.07) is 20.4. The van der Waals surface area contributed by atoms with E-state index in [-0.39, 0.29) is 24.8 Å². The summed E-state index contributed by atoms with van der Waals surface area (Å²) in [5.74, 6) is -0.396. The van der Waals surface area contributed by atoms with Crippen molar-refractivity contribution in [1.82, 2.24) is 15.2 Å². The highest BCUT2D eigenvalue weighted by Crippen LogP contribution is 2.54. The summed E-state index contributed by atoms with van der Waals surface area (Å²) in [4.78, 5) is 34.1. The normalized spacial score (nSPS) is 20.0. The van der Waals surface area contributed by atoms with Crippen molar-refractivity contribution in [1.29, 1.82) is 0 Å². The van der Waals surface area contributed by atoms with Gasteiger partial charge in [-0.05, 0) is 55.8 Å². The van der Waals surface area contributed by atoms with Gasteiger partial charge in [0.2, 0.25) is 11.8 Å². The summed E-state index contributed by atoms with van der Waals surface area (Å²) in [5, 5.41) is 14.2. The standard InChI is InChI=1S/C30H29BrClN3O3S/c1-18-3-10-23(11-4-18)39-30(29(38)34-19(2)17-36)14-27(37)35(16-20-5-7-21(31)8-6-20)28(30)25-15-33-26-13-22(32)9-12-24(25)26/h3-13,15,19,28,33,36H,14,16-17H2,1-2H3,(H,34,38)/t19-,28?,30?/m1/s1. The number of nitrogens with zero attached hydrogens (tertiary/aromatic N) is 1. The van der Waals surface area contributed by atoms with E-state index in [2.05, 4.69) is 26.2 Å². The Morgan fingerprint density at radius 2 is 1.92 bits per heavy atom. The minimum absolute atomic E-state index is 0.0109. The van der Waals surface area contributed by atoms with Gasteiger partial charge >= 0.3 is 0 Å². The number of hydrogen-bond donors (Lipinski definition) is 3. The van der Waals surface area contributed by atoms with Gasteiger partial charge in [0.05, 0.1) is 19.1 Å². The molecule has 6 nitrogen and oxygen atoms in total. The van der Waals surface area contributed by atoms with Crippen molar-refractivity contribution < 1.29 is 14.7 Å². The third-order valence-corrected chi connectivity index (χ3v) is 9.27. The first-order valence-electron chi connectivity index (χ1n) is 12.7. The van der Waals surface area contributed by atoms with Gasteiger partial charge in [0.25, 0.3) is 0 Å². The molecule has 0 saturated carbocycles. The monoisotopic (exact) mass is 625 g/mol. The fourth-order valence-corrected chi connectivity index (χ4v) is 6.94. The third kappa shape index (κ3) is 5.61. The number of hydrogen-bond acceptors (Lipinski definition) is 4. The summed E-state index contributed by atoms with van der Waals surface area (Å²) >= 11 is 11.2. The molecule has 3 aromatic carbocycles. The number of rotatable bonds is 8. The number of carbonyl (C=O) groups is 2. The van der Waals surface area contributed by atoms with Crippen LogP contribution in [0.15, 0.2) is 82.3 Å². The number of aliphatic hydroxyl groups is 1. The zero-order valence-corrected chi connectivity index (χ0v) is 24.7. The van der Waals surface area contributed by atoms with E-state index in [0.717, 1.165) is 37.0 Å². The van der Waals surface area contributed by atoms with Gasteiger partial charge < -0.3 is 20.3 Å². The van der Waals surface area contributed by atoms with Crippen molar-refractivity contribution in [2.75, 3.05) is 6.61 Å². The lowest BCUT2D eigenvalue weighted by Gasteiger charge is -2.37. The molecular weight excluding hydrogens is 598 g/mol. The number of H-pyrrole nitrogens is 1. The second kappa shape index (κ2) is 11.4. The Balaban J connectivity index is 1.69. The Kier molecular flexibility index (Phi) is 8.10. The van der Waals surface area contributed by atoms with Gasteiger partial charge in [0, 0.05) is 49.6 Å².